The maximum Gasteiger partial charge on any atom is 0.137 e. The van der Waals surface area contributed by atoms with E-state index in [0.29, 0.717) is 11.4 Å². The van der Waals surface area contributed by atoms with Gasteiger partial charge >= 0.3 is 0 Å². The molecule has 5 heteroatoms. The van der Waals surface area contributed by atoms with E-state index in [2.05, 4.69) is 10.1 Å². The van der Waals surface area contributed by atoms with Crippen LogP contribution in [0, 0.1) is 5.41 Å². The first-order chi connectivity index (χ1) is 9.39. The number of aliphatic hydroxyl groups excluding tert-OH is 1. The van der Waals surface area contributed by atoms with Crippen LogP contribution in [-0.2, 0) is 6.42 Å². The highest BCUT2D eigenvalue weighted by atomic mass is 35.5. The van der Waals surface area contributed by atoms with Gasteiger partial charge in [-0.2, -0.15) is 5.10 Å². The fourth-order valence-electron chi connectivity index (χ4n) is 2.20. The van der Waals surface area contributed by atoms with Gasteiger partial charge in [0.05, 0.1) is 12.1 Å². The molecular weight excluding hydrogens is 274 g/mol. The molecule has 0 radical (unpaired) electrons. The Kier molecular flexibility index (Phi) is 4.45. The number of benzene rings is 1. The van der Waals surface area contributed by atoms with Gasteiger partial charge in [0.25, 0.3) is 0 Å². The van der Waals surface area contributed by atoms with Crippen LogP contribution in [0.4, 0.5) is 0 Å². The fraction of sp³-hybridized carbons (Fsp3) is 0.467. The Hall–Kier alpha value is -1.39. The second-order valence-electron chi connectivity index (χ2n) is 6.05. The molecule has 1 aromatic carbocycles. The summed E-state index contributed by atoms with van der Waals surface area (Å²) in [6.07, 6.45) is 3.17. The molecule has 0 saturated carbocycles. The van der Waals surface area contributed by atoms with Crippen LogP contribution in [0.1, 0.15) is 32.4 Å². The first kappa shape index (κ1) is 15.0. The second kappa shape index (κ2) is 5.94. The number of hydrogen-bond acceptors (Lipinski definition) is 3. The van der Waals surface area contributed by atoms with E-state index in [1.165, 1.54) is 6.33 Å². The molecule has 0 saturated heterocycles. The van der Waals surface area contributed by atoms with Gasteiger partial charge in [0, 0.05) is 5.02 Å². The molecule has 2 atom stereocenters. The minimum absolute atomic E-state index is 0.197. The van der Waals surface area contributed by atoms with E-state index in [1.807, 2.05) is 45.0 Å². The quantitative estimate of drug-likeness (QED) is 0.942. The number of aliphatic hydroxyl groups is 1. The third kappa shape index (κ3) is 3.38. The molecule has 108 valence electrons. The molecule has 0 spiro atoms. The zero-order valence-electron chi connectivity index (χ0n) is 12.0. The highest BCUT2D eigenvalue weighted by Gasteiger charge is 2.32. The van der Waals surface area contributed by atoms with Crippen LogP contribution in [0.25, 0.3) is 0 Å². The Balaban J connectivity index is 2.31. The summed E-state index contributed by atoms with van der Waals surface area (Å²) >= 11 is 6.22. The summed E-state index contributed by atoms with van der Waals surface area (Å²) < 4.78 is 1.71. The topological polar surface area (TPSA) is 50.9 Å². The van der Waals surface area contributed by atoms with Crippen molar-refractivity contribution in [3.8, 4) is 0 Å². The van der Waals surface area contributed by atoms with Crippen LogP contribution in [0.2, 0.25) is 5.02 Å². The van der Waals surface area contributed by atoms with Crippen LogP contribution in [0.3, 0.4) is 0 Å². The molecule has 2 rings (SSSR count). The van der Waals surface area contributed by atoms with Crippen molar-refractivity contribution in [3.05, 3.63) is 47.5 Å². The molecule has 1 aromatic heterocycles. The maximum atomic E-state index is 10.6. The van der Waals surface area contributed by atoms with Crippen molar-refractivity contribution in [1.82, 2.24) is 14.8 Å². The largest absolute Gasteiger partial charge is 0.390 e. The fourth-order valence-corrected chi connectivity index (χ4v) is 2.42. The Morgan fingerprint density at radius 1 is 1.30 bits per heavy atom. The van der Waals surface area contributed by atoms with Gasteiger partial charge in [-0.05, 0) is 23.5 Å². The van der Waals surface area contributed by atoms with Crippen molar-refractivity contribution in [2.24, 2.45) is 5.41 Å². The minimum Gasteiger partial charge on any atom is -0.390 e. The second-order valence-corrected chi connectivity index (χ2v) is 6.46. The molecule has 1 N–H and O–H groups in total. The highest BCUT2D eigenvalue weighted by Crippen LogP contribution is 2.31. The predicted molar refractivity (Wildman–Crippen MR) is 79.7 cm³/mol. The standard InChI is InChI=1S/C15H20ClN3O/c1-15(2,3)14(20)13(19-10-17-9-18-19)8-11-6-4-5-7-12(11)16/h4-7,9-10,13-14,20H,8H2,1-3H3/t13-,14+/m1/s1. The summed E-state index contributed by atoms with van der Waals surface area (Å²) in [7, 11) is 0. The van der Waals surface area contributed by atoms with Crippen molar-refractivity contribution >= 4 is 11.6 Å². The molecule has 0 aliphatic carbocycles. The summed E-state index contributed by atoms with van der Waals surface area (Å²) in [5, 5.41) is 15.5. The van der Waals surface area contributed by atoms with Crippen molar-refractivity contribution in [2.45, 2.75) is 39.3 Å². The lowest BCUT2D eigenvalue weighted by molar-refractivity contribution is 0.0124. The molecule has 0 bridgehead atoms. The van der Waals surface area contributed by atoms with Crippen molar-refractivity contribution in [3.63, 3.8) is 0 Å². The minimum atomic E-state index is -0.555. The molecule has 4 nitrogen and oxygen atoms in total. The Labute approximate surface area is 124 Å². The van der Waals surface area contributed by atoms with Crippen LogP contribution >= 0.6 is 11.6 Å². The Morgan fingerprint density at radius 2 is 2.00 bits per heavy atom. The van der Waals surface area contributed by atoms with Crippen molar-refractivity contribution in [2.75, 3.05) is 0 Å². The number of hydrogen-bond donors (Lipinski definition) is 1. The summed E-state index contributed by atoms with van der Waals surface area (Å²) in [6, 6.07) is 7.48. The highest BCUT2D eigenvalue weighted by molar-refractivity contribution is 6.31. The summed E-state index contributed by atoms with van der Waals surface area (Å²) in [5.41, 5.74) is 0.746. The molecule has 0 unspecified atom stereocenters. The number of rotatable bonds is 4. The maximum absolute atomic E-state index is 10.6. The number of halogens is 1. The number of nitrogens with zero attached hydrogens (tertiary/aromatic N) is 3. The molecular formula is C15H20ClN3O. The molecule has 2 aromatic rings. The van der Waals surface area contributed by atoms with E-state index in [4.69, 9.17) is 11.6 Å². The lowest BCUT2D eigenvalue weighted by atomic mass is 9.82. The van der Waals surface area contributed by atoms with Crippen molar-refractivity contribution in [1.29, 1.82) is 0 Å². The average Bonchev–Trinajstić information content (AvgIpc) is 2.89. The predicted octanol–water partition coefficient (Wildman–Crippen LogP) is 3.12. The molecule has 0 aliphatic heterocycles. The van der Waals surface area contributed by atoms with E-state index >= 15 is 0 Å². The van der Waals surface area contributed by atoms with E-state index in [1.54, 1.807) is 11.0 Å². The van der Waals surface area contributed by atoms with E-state index in [0.717, 1.165) is 5.56 Å². The lowest BCUT2D eigenvalue weighted by Gasteiger charge is -2.33. The molecule has 0 aliphatic rings. The van der Waals surface area contributed by atoms with Gasteiger partial charge in [-0.15, -0.1) is 0 Å². The zero-order chi connectivity index (χ0) is 14.8. The third-order valence-corrected chi connectivity index (χ3v) is 3.78. The van der Waals surface area contributed by atoms with Gasteiger partial charge in [-0.3, -0.25) is 0 Å². The molecule has 1 heterocycles. The molecule has 0 fully saturated rings. The normalized spacial score (nSPS) is 15.1. The van der Waals surface area contributed by atoms with Crippen LogP contribution in [0.15, 0.2) is 36.9 Å². The van der Waals surface area contributed by atoms with E-state index < -0.39 is 6.10 Å². The average molecular weight is 294 g/mol. The first-order valence-electron chi connectivity index (χ1n) is 6.65. The lowest BCUT2D eigenvalue weighted by Crippen LogP contribution is -2.37. The summed E-state index contributed by atoms with van der Waals surface area (Å²) in [4.78, 5) is 3.98. The van der Waals surface area contributed by atoms with Gasteiger partial charge < -0.3 is 5.11 Å². The van der Waals surface area contributed by atoms with Crippen molar-refractivity contribution < 1.29 is 5.11 Å². The molecule has 20 heavy (non-hydrogen) atoms. The monoisotopic (exact) mass is 293 g/mol. The van der Waals surface area contributed by atoms with Gasteiger partial charge in [0.2, 0.25) is 0 Å². The Morgan fingerprint density at radius 3 is 2.55 bits per heavy atom. The SMILES string of the molecule is CC(C)(C)[C@@H](O)[C@@H](Cc1ccccc1Cl)n1cncn1. The van der Waals surface area contributed by atoms with Gasteiger partial charge in [-0.1, -0.05) is 50.6 Å². The van der Waals surface area contributed by atoms with Gasteiger partial charge in [-0.25, -0.2) is 9.67 Å². The number of aromatic nitrogens is 3. The van der Waals surface area contributed by atoms with Crippen LogP contribution < -0.4 is 0 Å². The Bertz CT molecular complexity index is 548. The third-order valence-electron chi connectivity index (χ3n) is 3.42. The smallest absolute Gasteiger partial charge is 0.137 e. The zero-order valence-corrected chi connectivity index (χ0v) is 12.7. The summed E-state index contributed by atoms with van der Waals surface area (Å²) in [6.45, 7) is 6.02. The van der Waals surface area contributed by atoms with Crippen LogP contribution in [-0.4, -0.2) is 26.0 Å². The van der Waals surface area contributed by atoms with E-state index in [-0.39, 0.29) is 11.5 Å². The van der Waals surface area contributed by atoms with E-state index in [9.17, 15) is 5.11 Å². The van der Waals surface area contributed by atoms with Crippen LogP contribution in [0.5, 0.6) is 0 Å². The first-order valence-corrected chi connectivity index (χ1v) is 7.03. The van der Waals surface area contributed by atoms with Gasteiger partial charge in [0.15, 0.2) is 0 Å². The summed E-state index contributed by atoms with van der Waals surface area (Å²) in [5.74, 6) is 0. The van der Waals surface area contributed by atoms with Gasteiger partial charge in [0.1, 0.15) is 12.7 Å². The molecule has 0 amide bonds.